The summed E-state index contributed by atoms with van der Waals surface area (Å²) in [7, 11) is 0. The number of anilines is 1. The number of aromatic nitrogens is 1. The van der Waals surface area contributed by atoms with Crippen molar-refractivity contribution in [3.63, 3.8) is 0 Å². The van der Waals surface area contributed by atoms with E-state index in [1.54, 1.807) is 24.3 Å². The van der Waals surface area contributed by atoms with Gasteiger partial charge in [0, 0.05) is 10.0 Å². The lowest BCUT2D eigenvalue weighted by Crippen LogP contribution is -1.92. The summed E-state index contributed by atoms with van der Waals surface area (Å²) >= 11 is 3.31. The minimum atomic E-state index is -0.296. The number of hydrogen-bond donors (Lipinski definition) is 1. The molecule has 0 amide bonds. The van der Waals surface area contributed by atoms with Crippen molar-refractivity contribution in [3.8, 4) is 11.3 Å². The Balaban J connectivity index is 2.60. The third-order valence-corrected chi connectivity index (χ3v) is 2.60. The highest BCUT2D eigenvalue weighted by Crippen LogP contribution is 2.28. The molecule has 1 aromatic carbocycles. The Morgan fingerprint density at radius 2 is 2.00 bits per heavy atom. The molecule has 2 rings (SSSR count). The van der Waals surface area contributed by atoms with Crippen molar-refractivity contribution >= 4 is 21.6 Å². The first kappa shape index (κ1) is 10.1. The number of benzene rings is 1. The van der Waals surface area contributed by atoms with Crippen LogP contribution in [-0.4, -0.2) is 4.98 Å². The zero-order chi connectivity index (χ0) is 10.8. The number of nitrogens with zero attached hydrogens (tertiary/aromatic N) is 1. The van der Waals surface area contributed by atoms with Gasteiger partial charge < -0.3 is 5.73 Å². The van der Waals surface area contributed by atoms with E-state index in [-0.39, 0.29) is 5.82 Å². The van der Waals surface area contributed by atoms with Crippen molar-refractivity contribution in [2.75, 3.05) is 5.73 Å². The first-order valence-corrected chi connectivity index (χ1v) is 5.13. The minimum absolute atomic E-state index is 0.296. The second-order valence-electron chi connectivity index (χ2n) is 3.08. The topological polar surface area (TPSA) is 38.9 Å². The summed E-state index contributed by atoms with van der Waals surface area (Å²) in [5.41, 5.74) is 7.12. The van der Waals surface area contributed by atoms with Gasteiger partial charge in [-0.05, 0) is 34.1 Å². The molecule has 0 fully saturated rings. The quantitative estimate of drug-likeness (QED) is 0.861. The summed E-state index contributed by atoms with van der Waals surface area (Å²) in [6.07, 6.45) is 1.51. The molecule has 0 saturated carbocycles. The molecule has 0 aliphatic rings. The predicted molar refractivity (Wildman–Crippen MR) is 61.7 cm³/mol. The van der Waals surface area contributed by atoms with Crippen molar-refractivity contribution in [1.82, 2.24) is 4.98 Å². The molecule has 0 saturated heterocycles. The highest BCUT2D eigenvalue weighted by atomic mass is 79.9. The van der Waals surface area contributed by atoms with Gasteiger partial charge in [-0.1, -0.05) is 12.1 Å². The first-order chi connectivity index (χ1) is 7.18. The van der Waals surface area contributed by atoms with E-state index < -0.39 is 0 Å². The van der Waals surface area contributed by atoms with Crippen LogP contribution in [-0.2, 0) is 0 Å². The minimum Gasteiger partial charge on any atom is -0.397 e. The number of halogens is 2. The summed E-state index contributed by atoms with van der Waals surface area (Å²) in [5, 5.41) is 0. The van der Waals surface area contributed by atoms with Crippen LogP contribution < -0.4 is 5.73 Å². The zero-order valence-corrected chi connectivity index (χ0v) is 9.33. The Hall–Kier alpha value is -1.42. The zero-order valence-electron chi connectivity index (χ0n) is 7.74. The third kappa shape index (κ3) is 1.99. The number of nitrogens with two attached hydrogens (primary N) is 1. The lowest BCUT2D eigenvalue weighted by molar-refractivity contribution is 0.630. The highest BCUT2D eigenvalue weighted by Gasteiger charge is 2.09. The van der Waals surface area contributed by atoms with Gasteiger partial charge in [0.25, 0.3) is 0 Å². The van der Waals surface area contributed by atoms with Gasteiger partial charge in [-0.3, -0.25) is 4.98 Å². The van der Waals surface area contributed by atoms with Crippen LogP contribution in [0.15, 0.2) is 41.0 Å². The van der Waals surface area contributed by atoms with Gasteiger partial charge in [-0.2, -0.15) is 0 Å². The molecule has 0 aliphatic carbocycles. The molecule has 0 radical (unpaired) electrons. The molecule has 2 aromatic rings. The molecule has 4 heteroatoms. The van der Waals surface area contributed by atoms with Gasteiger partial charge in [-0.25, -0.2) is 4.39 Å². The van der Waals surface area contributed by atoms with Gasteiger partial charge in [-0.15, -0.1) is 0 Å². The SMILES string of the molecule is Nc1cnc(-c2ccccc2F)c(Br)c1. The lowest BCUT2D eigenvalue weighted by Gasteiger charge is -2.05. The van der Waals surface area contributed by atoms with E-state index in [9.17, 15) is 4.39 Å². The fourth-order valence-corrected chi connectivity index (χ4v) is 1.88. The van der Waals surface area contributed by atoms with Crippen LogP contribution in [0.2, 0.25) is 0 Å². The van der Waals surface area contributed by atoms with Crippen molar-refractivity contribution in [3.05, 3.63) is 46.8 Å². The summed E-state index contributed by atoms with van der Waals surface area (Å²) in [6, 6.07) is 8.19. The van der Waals surface area contributed by atoms with E-state index in [1.807, 2.05) is 0 Å². The van der Waals surface area contributed by atoms with E-state index in [1.165, 1.54) is 12.3 Å². The summed E-state index contributed by atoms with van der Waals surface area (Å²) in [4.78, 5) is 4.10. The molecule has 0 unspecified atom stereocenters. The summed E-state index contributed by atoms with van der Waals surface area (Å²) in [5.74, 6) is -0.296. The Morgan fingerprint density at radius 3 is 2.67 bits per heavy atom. The largest absolute Gasteiger partial charge is 0.397 e. The maximum atomic E-state index is 13.5. The second-order valence-corrected chi connectivity index (χ2v) is 3.93. The summed E-state index contributed by atoms with van der Waals surface area (Å²) < 4.78 is 14.2. The van der Waals surface area contributed by atoms with Gasteiger partial charge >= 0.3 is 0 Å². The van der Waals surface area contributed by atoms with Crippen molar-refractivity contribution in [2.45, 2.75) is 0 Å². The average molecular weight is 267 g/mol. The predicted octanol–water partition coefficient (Wildman–Crippen LogP) is 3.23. The van der Waals surface area contributed by atoms with Crippen LogP contribution in [0.4, 0.5) is 10.1 Å². The lowest BCUT2D eigenvalue weighted by atomic mass is 10.1. The van der Waals surface area contributed by atoms with Crippen LogP contribution in [0.1, 0.15) is 0 Å². The molecule has 1 heterocycles. The number of hydrogen-bond acceptors (Lipinski definition) is 2. The van der Waals surface area contributed by atoms with E-state index in [0.29, 0.717) is 21.4 Å². The van der Waals surface area contributed by atoms with Gasteiger partial charge in [0.1, 0.15) is 5.82 Å². The van der Waals surface area contributed by atoms with Crippen molar-refractivity contribution < 1.29 is 4.39 Å². The van der Waals surface area contributed by atoms with E-state index in [0.717, 1.165) is 0 Å². The Bertz CT molecular complexity index is 500. The molecular formula is C11H8BrFN2. The molecule has 76 valence electrons. The number of rotatable bonds is 1. The molecule has 0 aliphatic heterocycles. The van der Waals surface area contributed by atoms with E-state index in [2.05, 4.69) is 20.9 Å². The Kier molecular flexibility index (Phi) is 2.68. The van der Waals surface area contributed by atoms with Gasteiger partial charge in [0.15, 0.2) is 0 Å². The molecule has 1 aromatic heterocycles. The Morgan fingerprint density at radius 1 is 1.27 bits per heavy atom. The average Bonchev–Trinajstić information content (AvgIpc) is 2.20. The number of pyridine rings is 1. The molecular weight excluding hydrogens is 259 g/mol. The monoisotopic (exact) mass is 266 g/mol. The molecule has 15 heavy (non-hydrogen) atoms. The third-order valence-electron chi connectivity index (χ3n) is 1.99. The maximum absolute atomic E-state index is 13.5. The molecule has 0 bridgehead atoms. The summed E-state index contributed by atoms with van der Waals surface area (Å²) in [6.45, 7) is 0. The first-order valence-electron chi connectivity index (χ1n) is 4.34. The van der Waals surface area contributed by atoms with E-state index in [4.69, 9.17) is 5.73 Å². The van der Waals surface area contributed by atoms with Crippen molar-refractivity contribution in [1.29, 1.82) is 0 Å². The Labute approximate surface area is 95.1 Å². The fourth-order valence-electron chi connectivity index (χ4n) is 1.30. The molecule has 2 N–H and O–H groups in total. The fraction of sp³-hybridized carbons (Fsp3) is 0. The standard InChI is InChI=1S/C11H8BrFN2/c12-9-5-7(14)6-15-11(9)8-3-1-2-4-10(8)13/h1-6H,14H2. The van der Waals surface area contributed by atoms with E-state index >= 15 is 0 Å². The molecule has 2 nitrogen and oxygen atoms in total. The van der Waals surface area contributed by atoms with Crippen LogP contribution in [0.25, 0.3) is 11.3 Å². The van der Waals surface area contributed by atoms with Crippen LogP contribution in [0.3, 0.4) is 0 Å². The normalized spacial score (nSPS) is 10.3. The highest BCUT2D eigenvalue weighted by molar-refractivity contribution is 9.10. The van der Waals surface area contributed by atoms with Crippen molar-refractivity contribution in [2.24, 2.45) is 0 Å². The molecule has 0 spiro atoms. The second kappa shape index (κ2) is 3.98. The van der Waals surface area contributed by atoms with Crippen LogP contribution >= 0.6 is 15.9 Å². The number of nitrogen functional groups attached to an aromatic ring is 1. The van der Waals surface area contributed by atoms with Gasteiger partial charge in [0.2, 0.25) is 0 Å². The van der Waals surface area contributed by atoms with Crippen LogP contribution in [0.5, 0.6) is 0 Å². The smallest absolute Gasteiger partial charge is 0.132 e. The maximum Gasteiger partial charge on any atom is 0.132 e. The van der Waals surface area contributed by atoms with Crippen LogP contribution in [0, 0.1) is 5.82 Å². The molecule has 0 atom stereocenters. The van der Waals surface area contributed by atoms with Gasteiger partial charge in [0.05, 0.1) is 17.6 Å².